The Morgan fingerprint density at radius 2 is 2.37 bits per heavy atom. The second-order valence-electron chi connectivity index (χ2n) is 5.17. The van der Waals surface area contributed by atoms with Gasteiger partial charge < -0.3 is 16.2 Å². The van der Waals surface area contributed by atoms with Crippen molar-refractivity contribution in [2.24, 2.45) is 11.1 Å². The predicted octanol–water partition coefficient (Wildman–Crippen LogP) is 1.51. The summed E-state index contributed by atoms with van der Waals surface area (Å²) in [6.07, 6.45) is 2.08. The van der Waals surface area contributed by atoms with Crippen molar-refractivity contribution >= 4 is 23.2 Å². The van der Waals surface area contributed by atoms with Crippen molar-refractivity contribution in [1.82, 2.24) is 5.32 Å². The molecular weight excluding hydrogens is 264 g/mol. The Kier molecular flexibility index (Phi) is 3.91. The number of carboxylic acids is 1. The van der Waals surface area contributed by atoms with Crippen LogP contribution in [0.4, 0.5) is 0 Å². The number of aliphatic carboxylic acids is 1. The third-order valence-electron chi connectivity index (χ3n) is 3.90. The van der Waals surface area contributed by atoms with E-state index in [0.717, 1.165) is 11.3 Å². The lowest BCUT2D eigenvalue weighted by molar-refractivity contribution is -0.149. The number of carboxylic acid groups (broad SMARTS) is 1. The molecule has 1 aromatic heterocycles. The van der Waals surface area contributed by atoms with Crippen LogP contribution >= 0.6 is 11.3 Å². The lowest BCUT2D eigenvalue weighted by atomic mass is 9.85. The van der Waals surface area contributed by atoms with Gasteiger partial charge in [0.25, 0.3) is 0 Å². The second kappa shape index (κ2) is 5.30. The monoisotopic (exact) mass is 282 g/mol. The van der Waals surface area contributed by atoms with Crippen LogP contribution in [-0.4, -0.2) is 23.0 Å². The summed E-state index contributed by atoms with van der Waals surface area (Å²) < 4.78 is 0. The lowest BCUT2D eigenvalue weighted by Gasteiger charge is -2.28. The van der Waals surface area contributed by atoms with Crippen LogP contribution in [0.1, 0.15) is 37.1 Å². The molecule has 1 fully saturated rings. The van der Waals surface area contributed by atoms with Gasteiger partial charge in [-0.25, -0.2) is 0 Å². The third-order valence-corrected chi connectivity index (χ3v) is 4.85. The number of amides is 1. The summed E-state index contributed by atoms with van der Waals surface area (Å²) in [4.78, 5) is 24.2. The number of thiophene rings is 1. The molecule has 0 radical (unpaired) electrons. The van der Waals surface area contributed by atoms with Gasteiger partial charge in [0.15, 0.2) is 0 Å². The number of hydrogen-bond acceptors (Lipinski definition) is 4. The molecule has 3 atom stereocenters. The summed E-state index contributed by atoms with van der Waals surface area (Å²) in [6.45, 7) is 1.68. The van der Waals surface area contributed by atoms with E-state index in [1.54, 1.807) is 13.0 Å². The maximum absolute atomic E-state index is 12.1. The molecule has 0 aliphatic heterocycles. The molecule has 5 nitrogen and oxygen atoms in total. The van der Waals surface area contributed by atoms with Crippen molar-refractivity contribution in [2.75, 3.05) is 0 Å². The van der Waals surface area contributed by atoms with Gasteiger partial charge in [-0.1, -0.05) is 12.5 Å². The Labute approximate surface area is 115 Å². The van der Waals surface area contributed by atoms with E-state index in [0.29, 0.717) is 12.8 Å². The van der Waals surface area contributed by atoms with Crippen molar-refractivity contribution in [1.29, 1.82) is 0 Å². The van der Waals surface area contributed by atoms with E-state index in [-0.39, 0.29) is 11.9 Å². The van der Waals surface area contributed by atoms with E-state index in [1.807, 2.05) is 11.4 Å². The molecule has 3 unspecified atom stereocenters. The highest BCUT2D eigenvalue weighted by molar-refractivity contribution is 7.10. The van der Waals surface area contributed by atoms with E-state index >= 15 is 0 Å². The Balaban J connectivity index is 2.05. The normalized spacial score (nSPS) is 28.0. The van der Waals surface area contributed by atoms with E-state index in [4.69, 9.17) is 5.73 Å². The number of nitrogens with one attached hydrogen (secondary N) is 1. The fourth-order valence-electron chi connectivity index (χ4n) is 2.51. The molecule has 4 N–H and O–H groups in total. The first-order valence-corrected chi connectivity index (χ1v) is 7.16. The van der Waals surface area contributed by atoms with Gasteiger partial charge in [-0.3, -0.25) is 9.59 Å². The van der Waals surface area contributed by atoms with Crippen LogP contribution < -0.4 is 11.1 Å². The maximum atomic E-state index is 12.1. The largest absolute Gasteiger partial charge is 0.481 e. The molecule has 2 rings (SSSR count). The Morgan fingerprint density at radius 3 is 2.95 bits per heavy atom. The number of rotatable bonds is 4. The Morgan fingerprint density at radius 1 is 1.63 bits per heavy atom. The van der Waals surface area contributed by atoms with Gasteiger partial charge in [-0.15, -0.1) is 11.3 Å². The van der Waals surface area contributed by atoms with E-state index < -0.39 is 17.4 Å². The first kappa shape index (κ1) is 14.0. The molecule has 0 aromatic carbocycles. The van der Waals surface area contributed by atoms with Gasteiger partial charge >= 0.3 is 5.97 Å². The average molecular weight is 282 g/mol. The molecular formula is C13H18N2O3S. The summed E-state index contributed by atoms with van der Waals surface area (Å²) in [7, 11) is 0. The van der Waals surface area contributed by atoms with Crippen molar-refractivity contribution in [3.63, 3.8) is 0 Å². The van der Waals surface area contributed by atoms with Gasteiger partial charge in [0, 0.05) is 10.9 Å². The van der Waals surface area contributed by atoms with Gasteiger partial charge in [-0.2, -0.15) is 0 Å². The topological polar surface area (TPSA) is 92.4 Å². The van der Waals surface area contributed by atoms with Gasteiger partial charge in [0.1, 0.15) is 6.04 Å². The van der Waals surface area contributed by atoms with Crippen LogP contribution in [0.2, 0.25) is 0 Å². The second-order valence-corrected chi connectivity index (χ2v) is 6.15. The SMILES string of the molecule is CC1(C(=O)O)CCCC1NC(=O)C(N)c1cccs1. The summed E-state index contributed by atoms with van der Waals surface area (Å²) in [5.74, 6) is -1.16. The van der Waals surface area contributed by atoms with Crippen LogP contribution in [0, 0.1) is 5.41 Å². The summed E-state index contributed by atoms with van der Waals surface area (Å²) in [5, 5.41) is 14.0. The molecule has 0 bridgehead atoms. The minimum atomic E-state index is -0.884. The third kappa shape index (κ3) is 2.64. The molecule has 0 spiro atoms. The first-order valence-electron chi connectivity index (χ1n) is 6.28. The minimum absolute atomic E-state index is 0.304. The highest BCUT2D eigenvalue weighted by Crippen LogP contribution is 2.38. The van der Waals surface area contributed by atoms with Crippen molar-refractivity contribution in [3.8, 4) is 0 Å². The molecule has 1 heterocycles. The van der Waals surface area contributed by atoms with Crippen LogP contribution in [0.15, 0.2) is 17.5 Å². The molecule has 19 heavy (non-hydrogen) atoms. The van der Waals surface area contributed by atoms with Crippen LogP contribution in [0.25, 0.3) is 0 Å². The highest BCUT2D eigenvalue weighted by Gasteiger charge is 2.46. The predicted molar refractivity (Wildman–Crippen MR) is 72.8 cm³/mol. The number of hydrogen-bond donors (Lipinski definition) is 3. The lowest BCUT2D eigenvalue weighted by Crippen LogP contribution is -2.49. The van der Waals surface area contributed by atoms with Crippen molar-refractivity contribution in [3.05, 3.63) is 22.4 Å². The van der Waals surface area contributed by atoms with Crippen LogP contribution in [0.3, 0.4) is 0 Å². The van der Waals surface area contributed by atoms with E-state index in [2.05, 4.69) is 5.32 Å². The summed E-state index contributed by atoms with van der Waals surface area (Å²) >= 11 is 1.42. The zero-order chi connectivity index (χ0) is 14.0. The van der Waals surface area contributed by atoms with Crippen molar-refractivity contribution < 1.29 is 14.7 Å². The Bertz CT molecular complexity index is 474. The van der Waals surface area contributed by atoms with Gasteiger partial charge in [0.2, 0.25) is 5.91 Å². The molecule has 1 amide bonds. The quantitative estimate of drug-likeness (QED) is 0.780. The molecule has 6 heteroatoms. The number of carbonyl (C=O) groups is 2. The maximum Gasteiger partial charge on any atom is 0.311 e. The zero-order valence-electron chi connectivity index (χ0n) is 10.8. The van der Waals surface area contributed by atoms with Gasteiger partial charge in [-0.05, 0) is 31.2 Å². The first-order chi connectivity index (χ1) is 8.95. The van der Waals surface area contributed by atoms with E-state index in [1.165, 1.54) is 11.3 Å². The fourth-order valence-corrected chi connectivity index (χ4v) is 3.24. The van der Waals surface area contributed by atoms with Crippen molar-refractivity contribution in [2.45, 2.75) is 38.3 Å². The van der Waals surface area contributed by atoms with Crippen LogP contribution in [-0.2, 0) is 9.59 Å². The Hall–Kier alpha value is -1.40. The molecule has 0 saturated heterocycles. The molecule has 104 valence electrons. The standard InChI is InChI=1S/C13H18N2O3S/c1-13(12(17)18)6-2-5-9(13)15-11(16)10(14)8-4-3-7-19-8/h3-4,7,9-10H,2,5-6,14H2,1H3,(H,15,16)(H,17,18). The summed E-state index contributed by atoms with van der Waals surface area (Å²) in [5.41, 5.74) is 4.99. The molecule has 1 aliphatic carbocycles. The average Bonchev–Trinajstić information content (AvgIpc) is 2.99. The smallest absolute Gasteiger partial charge is 0.311 e. The van der Waals surface area contributed by atoms with Gasteiger partial charge in [0.05, 0.1) is 5.41 Å². The fraction of sp³-hybridized carbons (Fsp3) is 0.538. The molecule has 1 saturated carbocycles. The molecule has 1 aromatic rings. The minimum Gasteiger partial charge on any atom is -0.481 e. The van der Waals surface area contributed by atoms with Crippen LogP contribution in [0.5, 0.6) is 0 Å². The summed E-state index contributed by atoms with van der Waals surface area (Å²) in [6, 6.07) is 2.58. The van der Waals surface area contributed by atoms with E-state index in [9.17, 15) is 14.7 Å². The zero-order valence-corrected chi connectivity index (χ0v) is 11.6. The molecule has 1 aliphatic rings. The highest BCUT2D eigenvalue weighted by atomic mass is 32.1. The number of nitrogens with two attached hydrogens (primary N) is 1. The number of carbonyl (C=O) groups excluding carboxylic acids is 1.